The molecule has 24 heavy (non-hydrogen) atoms. The van der Waals surface area contributed by atoms with Crippen molar-refractivity contribution in [1.29, 1.82) is 0 Å². The molecule has 0 aliphatic carbocycles. The molecule has 1 heterocycles. The zero-order valence-electron chi connectivity index (χ0n) is 15.8. The first kappa shape index (κ1) is 20.4. The summed E-state index contributed by atoms with van der Waals surface area (Å²) in [6, 6.07) is 0. The summed E-state index contributed by atoms with van der Waals surface area (Å²) in [4.78, 5) is 23.2. The second-order valence-corrected chi connectivity index (χ2v) is 7.27. The van der Waals surface area contributed by atoms with Crippen LogP contribution in [0.25, 0.3) is 0 Å². The second-order valence-electron chi connectivity index (χ2n) is 7.27. The third-order valence-corrected chi connectivity index (χ3v) is 4.71. The first-order chi connectivity index (χ1) is 11.0. The fourth-order valence-electron chi connectivity index (χ4n) is 3.39. The summed E-state index contributed by atoms with van der Waals surface area (Å²) in [5.41, 5.74) is -0.153. The molecule has 0 bridgehead atoms. The zero-order chi connectivity index (χ0) is 18.7. The van der Waals surface area contributed by atoms with Crippen LogP contribution in [0.2, 0.25) is 0 Å². The normalized spacial score (nSPS) is 23.4. The molecule has 0 spiro atoms. The topological polar surface area (TPSA) is 61.8 Å². The number of carbonyl (C=O) groups excluding carboxylic acids is 2. The van der Waals surface area contributed by atoms with Gasteiger partial charge in [0.15, 0.2) is 0 Å². The smallest absolute Gasteiger partial charge is 0.340 e. The summed E-state index contributed by atoms with van der Waals surface area (Å²) in [5.74, 6) is -1.24. The molecule has 0 amide bonds. The lowest BCUT2D eigenvalue weighted by Crippen LogP contribution is -2.44. The highest BCUT2D eigenvalue weighted by atomic mass is 16.7. The Bertz CT molecular complexity index is 534. The molecule has 1 rings (SSSR count). The Kier molecular flexibility index (Phi) is 6.39. The number of hydrogen-bond acceptors (Lipinski definition) is 5. The van der Waals surface area contributed by atoms with Gasteiger partial charge in [0.05, 0.1) is 11.2 Å². The van der Waals surface area contributed by atoms with E-state index in [9.17, 15) is 9.59 Å². The molecule has 1 unspecified atom stereocenters. The van der Waals surface area contributed by atoms with Crippen LogP contribution in [0.15, 0.2) is 24.0 Å². The highest BCUT2D eigenvalue weighted by molar-refractivity contribution is 5.89. The molecule has 0 N–H and O–H groups in total. The van der Waals surface area contributed by atoms with Gasteiger partial charge in [0.25, 0.3) is 0 Å². The average Bonchev–Trinajstić information content (AvgIpc) is 2.50. The van der Waals surface area contributed by atoms with E-state index in [2.05, 4.69) is 6.58 Å². The molecule has 0 saturated carbocycles. The van der Waals surface area contributed by atoms with Crippen molar-refractivity contribution in [3.63, 3.8) is 0 Å². The molecule has 0 radical (unpaired) electrons. The predicted molar refractivity (Wildman–Crippen MR) is 92.1 cm³/mol. The Labute approximate surface area is 145 Å². The van der Waals surface area contributed by atoms with Gasteiger partial charge in [-0.15, -0.1) is 6.58 Å². The van der Waals surface area contributed by atoms with Crippen molar-refractivity contribution in [2.24, 2.45) is 17.8 Å². The van der Waals surface area contributed by atoms with Crippen LogP contribution in [-0.4, -0.2) is 30.8 Å². The van der Waals surface area contributed by atoms with Gasteiger partial charge in [-0.05, 0) is 20.3 Å². The Hall–Kier alpha value is -1.62. The van der Waals surface area contributed by atoms with Gasteiger partial charge in [0.2, 0.25) is 5.79 Å². The van der Waals surface area contributed by atoms with Crippen LogP contribution in [0.4, 0.5) is 0 Å². The molecule has 0 saturated heterocycles. The van der Waals surface area contributed by atoms with E-state index in [1.54, 1.807) is 27.9 Å². The number of aldehydes is 1. The zero-order valence-corrected chi connectivity index (χ0v) is 15.8. The number of ether oxygens (including phenoxy) is 3. The summed E-state index contributed by atoms with van der Waals surface area (Å²) in [6.45, 7) is 14.8. The van der Waals surface area contributed by atoms with E-state index in [1.807, 2.05) is 26.8 Å². The third kappa shape index (κ3) is 4.26. The number of rotatable bonds is 8. The molecular formula is C19H30O5. The standard InChI is InChI=1S/C19H30O5/c1-9-15(19(7,22-8)10-12(2)11-20)13(3)16-14(4)17(21)24-18(5,6)23-16/h9,11-13,15H,1,10H2,2-8H3/t12-,13-,15-,19?/m1/s1. The molecule has 5 heteroatoms. The summed E-state index contributed by atoms with van der Waals surface area (Å²) in [7, 11) is 1.63. The summed E-state index contributed by atoms with van der Waals surface area (Å²) in [6.07, 6.45) is 3.28. The number of methoxy groups -OCH3 is 1. The van der Waals surface area contributed by atoms with E-state index in [1.165, 1.54) is 0 Å². The highest BCUT2D eigenvalue weighted by Crippen LogP contribution is 2.41. The van der Waals surface area contributed by atoms with E-state index in [0.29, 0.717) is 17.8 Å². The van der Waals surface area contributed by atoms with Crippen LogP contribution in [0.5, 0.6) is 0 Å². The minimum atomic E-state index is -1.01. The molecule has 136 valence electrons. The quantitative estimate of drug-likeness (QED) is 0.384. The van der Waals surface area contributed by atoms with E-state index >= 15 is 0 Å². The van der Waals surface area contributed by atoms with Gasteiger partial charge in [0.1, 0.15) is 12.0 Å². The van der Waals surface area contributed by atoms with Gasteiger partial charge in [-0.1, -0.05) is 19.9 Å². The van der Waals surface area contributed by atoms with Gasteiger partial charge >= 0.3 is 5.97 Å². The number of hydrogen-bond donors (Lipinski definition) is 0. The monoisotopic (exact) mass is 338 g/mol. The van der Waals surface area contributed by atoms with Crippen molar-refractivity contribution < 1.29 is 23.8 Å². The molecular weight excluding hydrogens is 308 g/mol. The van der Waals surface area contributed by atoms with Crippen LogP contribution < -0.4 is 0 Å². The number of esters is 1. The minimum absolute atomic E-state index is 0.142. The molecule has 0 aromatic heterocycles. The van der Waals surface area contributed by atoms with Crippen molar-refractivity contribution in [2.45, 2.75) is 59.4 Å². The van der Waals surface area contributed by atoms with Gasteiger partial charge in [-0.3, -0.25) is 0 Å². The van der Waals surface area contributed by atoms with Crippen molar-refractivity contribution in [3.8, 4) is 0 Å². The first-order valence-electron chi connectivity index (χ1n) is 8.27. The predicted octanol–water partition coefficient (Wildman–Crippen LogP) is 3.64. The maximum Gasteiger partial charge on any atom is 0.340 e. The van der Waals surface area contributed by atoms with Crippen LogP contribution in [0, 0.1) is 17.8 Å². The highest BCUT2D eigenvalue weighted by Gasteiger charge is 2.43. The van der Waals surface area contributed by atoms with Crippen molar-refractivity contribution in [2.75, 3.05) is 7.11 Å². The van der Waals surface area contributed by atoms with Crippen LogP contribution in [0.1, 0.15) is 48.0 Å². The van der Waals surface area contributed by atoms with Crippen LogP contribution in [-0.2, 0) is 23.8 Å². The lowest BCUT2D eigenvalue weighted by Gasteiger charge is -2.42. The molecule has 5 nitrogen and oxygen atoms in total. The maximum atomic E-state index is 12.1. The molecule has 0 aromatic rings. The summed E-state index contributed by atoms with van der Waals surface area (Å²) >= 11 is 0. The van der Waals surface area contributed by atoms with Crippen LogP contribution in [0.3, 0.4) is 0 Å². The molecule has 1 aliphatic heterocycles. The van der Waals surface area contributed by atoms with Gasteiger partial charge in [-0.25, -0.2) is 4.79 Å². The minimum Gasteiger partial charge on any atom is -0.456 e. The number of allylic oxidation sites excluding steroid dienone is 1. The number of carbonyl (C=O) groups is 2. The fourth-order valence-corrected chi connectivity index (χ4v) is 3.39. The largest absolute Gasteiger partial charge is 0.456 e. The second kappa shape index (κ2) is 7.51. The Balaban J connectivity index is 3.23. The van der Waals surface area contributed by atoms with Crippen LogP contribution >= 0.6 is 0 Å². The maximum absolute atomic E-state index is 12.1. The molecule has 0 aromatic carbocycles. The third-order valence-electron chi connectivity index (χ3n) is 4.71. The molecule has 0 fully saturated rings. The van der Waals surface area contributed by atoms with Gasteiger partial charge in [0, 0.05) is 38.7 Å². The Morgan fingerprint density at radius 3 is 2.38 bits per heavy atom. The van der Waals surface area contributed by atoms with E-state index in [0.717, 1.165) is 6.29 Å². The van der Waals surface area contributed by atoms with E-state index in [4.69, 9.17) is 14.2 Å². The average molecular weight is 338 g/mol. The summed E-state index contributed by atoms with van der Waals surface area (Å²) in [5, 5.41) is 0. The van der Waals surface area contributed by atoms with Gasteiger partial charge in [-0.2, -0.15) is 0 Å². The van der Waals surface area contributed by atoms with E-state index < -0.39 is 11.4 Å². The molecule has 4 atom stereocenters. The molecule has 1 aliphatic rings. The number of cyclic esters (lactones) is 1. The SMILES string of the molecule is C=C[C@H]([C@@H](C)C1=C(C)C(=O)OC(C)(C)O1)C(C)(C[C@@H](C)C=O)OC. The Morgan fingerprint density at radius 2 is 1.92 bits per heavy atom. The lowest BCUT2D eigenvalue weighted by molar-refractivity contribution is -0.212. The summed E-state index contributed by atoms with van der Waals surface area (Å²) < 4.78 is 17.0. The lowest BCUT2D eigenvalue weighted by atomic mass is 9.74. The van der Waals surface area contributed by atoms with E-state index in [-0.39, 0.29) is 23.7 Å². The fraction of sp³-hybridized carbons (Fsp3) is 0.684. The Morgan fingerprint density at radius 1 is 1.33 bits per heavy atom. The van der Waals surface area contributed by atoms with Crippen molar-refractivity contribution in [3.05, 3.63) is 24.0 Å². The van der Waals surface area contributed by atoms with Gasteiger partial charge < -0.3 is 19.0 Å². The first-order valence-corrected chi connectivity index (χ1v) is 8.27. The van der Waals surface area contributed by atoms with Crippen molar-refractivity contribution in [1.82, 2.24) is 0 Å². The van der Waals surface area contributed by atoms with Crippen molar-refractivity contribution >= 4 is 12.3 Å².